The summed E-state index contributed by atoms with van der Waals surface area (Å²) in [5.41, 5.74) is 26.2. The molecule has 12 heteroatoms. The lowest BCUT2D eigenvalue weighted by Crippen LogP contribution is -2.05. The highest BCUT2D eigenvalue weighted by Gasteiger charge is 2.30. The lowest BCUT2D eigenvalue weighted by molar-refractivity contribution is 0.0825. The smallest absolute Gasteiger partial charge is 0.234 e. The number of carbonyl (C=O) groups excluding carboxylic acids is 2. The third-order valence-electron chi connectivity index (χ3n) is 11.3. The second-order valence-corrected chi connectivity index (χ2v) is 18.2. The fourth-order valence-electron chi connectivity index (χ4n) is 8.55. The lowest BCUT2D eigenvalue weighted by atomic mass is 10.0. The van der Waals surface area contributed by atoms with E-state index in [1.54, 1.807) is 53.9 Å². The largest absolute Gasteiger partial charge is 0.397 e. The van der Waals surface area contributed by atoms with Gasteiger partial charge in [0.05, 0.1) is 34.2 Å². The van der Waals surface area contributed by atoms with E-state index in [0.29, 0.717) is 22.5 Å². The van der Waals surface area contributed by atoms with E-state index in [9.17, 15) is 9.59 Å². The molecule has 5 heterocycles. The van der Waals surface area contributed by atoms with Crippen molar-refractivity contribution in [3.8, 4) is 45.0 Å². The predicted molar refractivity (Wildman–Crippen MR) is 267 cm³/mol. The highest BCUT2D eigenvalue weighted by molar-refractivity contribution is 7.13. The number of aliphatic hydroxyl groups is 1. The number of thiophene rings is 3. The molecular weight excluding hydrogens is 853 g/mol. The molecule has 11 aromatic rings. The molecule has 0 bridgehead atoms. The second kappa shape index (κ2) is 16.5. The van der Waals surface area contributed by atoms with Crippen molar-refractivity contribution < 1.29 is 14.7 Å². The van der Waals surface area contributed by atoms with Crippen LogP contribution in [0, 0.1) is 13.8 Å². The van der Waals surface area contributed by atoms with E-state index in [-0.39, 0.29) is 18.2 Å². The summed E-state index contributed by atoms with van der Waals surface area (Å²) < 4.78 is 0. The van der Waals surface area contributed by atoms with Gasteiger partial charge in [-0.15, -0.1) is 34.0 Å². The molecule has 5 aromatic heterocycles. The minimum atomic E-state index is -0.378. The first-order valence-corrected chi connectivity index (χ1v) is 23.2. The number of Topliss-reactive ketones (excluding diaryl/α,β-unsaturated/α-hetero) is 2. The zero-order valence-corrected chi connectivity index (χ0v) is 37.3. The Morgan fingerprint density at radius 3 is 1.09 bits per heavy atom. The zero-order valence-electron chi connectivity index (χ0n) is 34.8. The number of nitrogens with zero attached hydrogens (tertiary/aromatic N) is 4. The summed E-state index contributed by atoms with van der Waals surface area (Å²) in [5, 5.41) is 22.2. The molecule has 3 aliphatic rings. The second-order valence-electron chi connectivity index (χ2n) is 15.3. The summed E-state index contributed by atoms with van der Waals surface area (Å²) in [6, 6.07) is 36.5. The number of nitrogens with two attached hydrogens (primary N) is 2. The minimum absolute atomic E-state index is 0.250. The van der Waals surface area contributed by atoms with E-state index in [1.807, 2.05) is 22.9 Å². The van der Waals surface area contributed by atoms with Crippen LogP contribution < -0.4 is 11.5 Å². The van der Waals surface area contributed by atoms with Gasteiger partial charge in [0, 0.05) is 87.4 Å². The maximum Gasteiger partial charge on any atom is 0.234 e. The molecule has 64 heavy (non-hydrogen) atoms. The highest BCUT2D eigenvalue weighted by Crippen LogP contribution is 2.47. The van der Waals surface area contributed by atoms with Gasteiger partial charge >= 0.3 is 0 Å². The van der Waals surface area contributed by atoms with Crippen LogP contribution in [0.2, 0.25) is 0 Å². The average molecular weight is 891 g/mol. The maximum atomic E-state index is 11.5. The van der Waals surface area contributed by atoms with Crippen molar-refractivity contribution in [2.45, 2.75) is 20.8 Å². The Morgan fingerprint density at radius 1 is 0.469 bits per heavy atom. The first-order chi connectivity index (χ1) is 31.2. The van der Waals surface area contributed by atoms with Gasteiger partial charge in [0.2, 0.25) is 11.6 Å². The number of aryl methyl sites for hydroxylation is 2. The zero-order chi connectivity index (χ0) is 44.2. The predicted octanol–water partition coefficient (Wildman–Crippen LogP) is 12.7. The van der Waals surface area contributed by atoms with Crippen molar-refractivity contribution in [1.82, 2.24) is 19.9 Å². The third kappa shape index (κ3) is 6.79. The topological polar surface area (TPSA) is 158 Å². The molecule has 0 saturated carbocycles. The lowest BCUT2D eigenvalue weighted by Gasteiger charge is -2.01. The van der Waals surface area contributed by atoms with Gasteiger partial charge < -0.3 is 16.6 Å². The van der Waals surface area contributed by atoms with Crippen LogP contribution in [-0.2, 0) is 0 Å². The van der Waals surface area contributed by atoms with Crippen LogP contribution in [-0.4, -0.2) is 43.2 Å². The van der Waals surface area contributed by atoms with Crippen LogP contribution in [0.15, 0.2) is 131 Å². The number of nitrogen functional groups attached to an aromatic ring is 2. The van der Waals surface area contributed by atoms with Crippen LogP contribution in [0.4, 0.5) is 11.4 Å². The number of fused-ring (bicyclic) bond motifs is 8. The van der Waals surface area contributed by atoms with Gasteiger partial charge in [0.25, 0.3) is 0 Å². The van der Waals surface area contributed by atoms with Crippen LogP contribution in [0.5, 0.6) is 0 Å². The van der Waals surface area contributed by atoms with Crippen molar-refractivity contribution in [3.63, 3.8) is 0 Å². The van der Waals surface area contributed by atoms with Crippen LogP contribution in [0.3, 0.4) is 0 Å². The number of aromatic nitrogens is 4. The minimum Gasteiger partial charge on any atom is -0.397 e. The third-order valence-corrected chi connectivity index (χ3v) is 13.8. The van der Waals surface area contributed by atoms with Gasteiger partial charge in [-0.2, -0.15) is 0 Å². The summed E-state index contributed by atoms with van der Waals surface area (Å²) in [5.74, 6) is -0.756. The SMILES string of the molecule is CCO.Cc1sc(C)c2nc3c(nc12)-c1cccc2cccc-3c12.Nc1cscc1N.O=C1C(=O)c2cccc3cccc1c23.c1cc2c3c(cccc3c1)-c1nc3cscc3nc1-2. The molecule has 6 aromatic carbocycles. The molecule has 0 fully saturated rings. The number of anilines is 2. The first kappa shape index (κ1) is 40.8. The summed E-state index contributed by atoms with van der Waals surface area (Å²) >= 11 is 4.95. The van der Waals surface area contributed by atoms with Crippen molar-refractivity contribution in [3.05, 3.63) is 152 Å². The van der Waals surface area contributed by atoms with E-state index in [1.165, 1.54) is 64.9 Å². The van der Waals surface area contributed by atoms with Gasteiger partial charge in [-0.3, -0.25) is 9.59 Å². The Balaban J connectivity index is 0.000000104. The Bertz CT molecular complexity index is 3470. The normalized spacial score (nSPS) is 12.0. The number of hydrogen-bond acceptors (Lipinski definition) is 12. The van der Waals surface area contributed by atoms with Crippen LogP contribution in [0.1, 0.15) is 37.4 Å². The molecular formula is C52H38N6O3S3. The van der Waals surface area contributed by atoms with Crippen LogP contribution >= 0.6 is 34.0 Å². The Hall–Kier alpha value is -7.22. The number of ketones is 2. The molecule has 0 aliphatic heterocycles. The number of rotatable bonds is 0. The van der Waals surface area contributed by atoms with E-state index in [4.69, 9.17) is 36.5 Å². The molecule has 9 nitrogen and oxygen atoms in total. The summed E-state index contributed by atoms with van der Waals surface area (Å²) in [6.45, 7) is 6.19. The molecule has 0 amide bonds. The van der Waals surface area contributed by atoms with Gasteiger partial charge in [0.15, 0.2) is 0 Å². The molecule has 14 rings (SSSR count). The van der Waals surface area contributed by atoms with Crippen LogP contribution in [0.25, 0.3) is 99.4 Å². The maximum absolute atomic E-state index is 11.5. The van der Waals surface area contributed by atoms with E-state index < -0.39 is 0 Å². The quantitative estimate of drug-likeness (QED) is 0.126. The molecule has 312 valence electrons. The fourth-order valence-corrected chi connectivity index (χ4v) is 10.8. The van der Waals surface area contributed by atoms with E-state index in [2.05, 4.69) is 97.4 Å². The number of benzene rings is 6. The molecule has 0 unspecified atom stereocenters. The van der Waals surface area contributed by atoms with Crippen molar-refractivity contribution >= 4 is 111 Å². The monoisotopic (exact) mass is 890 g/mol. The molecule has 0 radical (unpaired) electrons. The average Bonchev–Trinajstić information content (AvgIpc) is 4.17. The Kier molecular flexibility index (Phi) is 10.5. The summed E-state index contributed by atoms with van der Waals surface area (Å²) in [4.78, 5) is 45.1. The van der Waals surface area contributed by atoms with Gasteiger partial charge in [0.1, 0.15) is 22.1 Å². The number of carbonyl (C=O) groups is 2. The first-order valence-electron chi connectivity index (χ1n) is 20.5. The highest BCUT2D eigenvalue weighted by atomic mass is 32.1. The van der Waals surface area contributed by atoms with Crippen molar-refractivity contribution in [2.75, 3.05) is 18.1 Å². The summed E-state index contributed by atoms with van der Waals surface area (Å²) in [7, 11) is 0. The van der Waals surface area contributed by atoms with Gasteiger partial charge in [-0.05, 0) is 36.9 Å². The van der Waals surface area contributed by atoms with Crippen molar-refractivity contribution in [2.24, 2.45) is 0 Å². The Morgan fingerprint density at radius 2 is 0.766 bits per heavy atom. The fraction of sp³-hybridized carbons (Fsp3) is 0.0769. The number of hydrogen-bond donors (Lipinski definition) is 3. The molecule has 5 N–H and O–H groups in total. The van der Waals surface area contributed by atoms with Crippen molar-refractivity contribution in [1.29, 1.82) is 0 Å². The van der Waals surface area contributed by atoms with Gasteiger partial charge in [-0.25, -0.2) is 19.9 Å². The van der Waals surface area contributed by atoms with E-state index in [0.717, 1.165) is 55.6 Å². The number of aliphatic hydroxyl groups excluding tert-OH is 1. The molecule has 0 atom stereocenters. The standard InChI is InChI=1S/C18H12N2S.C16H8N2S.C12H6O2.C4H6N2S.C2H6O/c1-9-15-16(10(2)21-9)20-18-13-8-4-6-11-5-3-7-12(14(11)13)17(18)19-15;1-3-9-4-2-6-11-14(9)10(5-1)15-16(11)18-13-8-19-7-12(13)17-15;13-11-8-5-1-3-7-4-2-6-9(10(7)8)12(11)14;5-3-1-7-2-4(3)6;1-2-3/h3-8H,1-2H3;1-8H;1-6H;1-2H,5-6H2;3H,2H2,1H3. The van der Waals surface area contributed by atoms with E-state index >= 15 is 0 Å². The Labute approximate surface area is 379 Å². The van der Waals surface area contributed by atoms with Gasteiger partial charge in [-0.1, -0.05) is 109 Å². The molecule has 0 spiro atoms. The molecule has 3 aliphatic carbocycles. The molecule has 0 saturated heterocycles. The summed E-state index contributed by atoms with van der Waals surface area (Å²) in [6.07, 6.45) is 0.